The Kier molecular flexibility index (Phi) is 4.22. The molecule has 0 spiro atoms. The first-order valence-electron chi connectivity index (χ1n) is 6.92. The lowest BCUT2D eigenvalue weighted by Gasteiger charge is -2.25. The third-order valence-electron chi connectivity index (χ3n) is 3.99. The summed E-state index contributed by atoms with van der Waals surface area (Å²) in [6.07, 6.45) is 5.52. The zero-order valence-electron chi connectivity index (χ0n) is 11.0. The van der Waals surface area contributed by atoms with Crippen LogP contribution in [-0.4, -0.2) is 11.2 Å². The van der Waals surface area contributed by atoms with Crippen LogP contribution in [-0.2, 0) is 6.42 Å². The molecule has 1 fully saturated rings. The maximum absolute atomic E-state index is 9.49. The highest BCUT2D eigenvalue weighted by atomic mass is 16.3. The molecule has 17 heavy (non-hydrogen) atoms. The Balaban J connectivity index is 1.90. The molecule has 0 aliphatic heterocycles. The topological polar surface area (TPSA) is 20.2 Å². The molecule has 0 atom stereocenters. The van der Waals surface area contributed by atoms with Crippen LogP contribution >= 0.6 is 0 Å². The number of benzene rings is 1. The first kappa shape index (κ1) is 12.6. The highest BCUT2D eigenvalue weighted by Crippen LogP contribution is 2.27. The van der Waals surface area contributed by atoms with Gasteiger partial charge >= 0.3 is 0 Å². The Labute approximate surface area is 105 Å². The predicted molar refractivity (Wildman–Crippen MR) is 72.2 cm³/mol. The van der Waals surface area contributed by atoms with E-state index < -0.39 is 0 Å². The van der Waals surface area contributed by atoms with Gasteiger partial charge in [0.05, 0.1) is 6.10 Å². The van der Waals surface area contributed by atoms with Gasteiger partial charge in [0, 0.05) is 0 Å². The van der Waals surface area contributed by atoms with Gasteiger partial charge in [-0.05, 0) is 55.1 Å². The number of hydrogen-bond acceptors (Lipinski definition) is 1. The summed E-state index contributed by atoms with van der Waals surface area (Å²) in [5.41, 5.74) is 2.88. The Morgan fingerprint density at radius 2 is 1.65 bits per heavy atom. The van der Waals surface area contributed by atoms with Crippen LogP contribution < -0.4 is 0 Å². The highest BCUT2D eigenvalue weighted by molar-refractivity contribution is 5.25. The van der Waals surface area contributed by atoms with E-state index in [1.54, 1.807) is 0 Å². The van der Waals surface area contributed by atoms with Gasteiger partial charge in [-0.3, -0.25) is 0 Å². The monoisotopic (exact) mass is 232 g/mol. The quantitative estimate of drug-likeness (QED) is 0.838. The molecule has 0 unspecified atom stereocenters. The molecule has 1 heteroatoms. The van der Waals surface area contributed by atoms with Crippen molar-refractivity contribution in [3.8, 4) is 0 Å². The molecule has 1 saturated carbocycles. The van der Waals surface area contributed by atoms with Crippen molar-refractivity contribution in [1.82, 2.24) is 0 Å². The van der Waals surface area contributed by atoms with Crippen LogP contribution in [0.4, 0.5) is 0 Å². The normalized spacial score (nSPS) is 25.2. The summed E-state index contributed by atoms with van der Waals surface area (Å²) in [6.45, 7) is 4.47. The van der Waals surface area contributed by atoms with Gasteiger partial charge in [0.25, 0.3) is 0 Å². The van der Waals surface area contributed by atoms with Gasteiger partial charge in [0.15, 0.2) is 0 Å². The molecule has 1 aromatic rings. The van der Waals surface area contributed by atoms with Crippen LogP contribution in [0.3, 0.4) is 0 Å². The molecule has 0 bridgehead atoms. The summed E-state index contributed by atoms with van der Waals surface area (Å²) < 4.78 is 0. The second-order valence-electron chi connectivity index (χ2n) is 5.77. The van der Waals surface area contributed by atoms with Gasteiger partial charge in [-0.15, -0.1) is 0 Å². The molecular formula is C16H24O. The van der Waals surface area contributed by atoms with Crippen molar-refractivity contribution in [3.63, 3.8) is 0 Å². The van der Waals surface area contributed by atoms with Gasteiger partial charge in [-0.25, -0.2) is 0 Å². The maximum Gasteiger partial charge on any atom is 0.0540 e. The third kappa shape index (κ3) is 3.57. The fourth-order valence-electron chi connectivity index (χ4n) is 2.72. The van der Waals surface area contributed by atoms with Crippen LogP contribution in [0, 0.1) is 5.92 Å². The zero-order valence-corrected chi connectivity index (χ0v) is 11.0. The fraction of sp³-hybridized carbons (Fsp3) is 0.625. The SMILES string of the molecule is CC(C)c1ccc(CC2CCC(O)CC2)cc1. The van der Waals surface area contributed by atoms with Crippen LogP contribution in [0.5, 0.6) is 0 Å². The molecule has 0 radical (unpaired) electrons. The third-order valence-corrected chi connectivity index (χ3v) is 3.99. The second-order valence-corrected chi connectivity index (χ2v) is 5.77. The molecule has 1 nitrogen and oxygen atoms in total. The summed E-state index contributed by atoms with van der Waals surface area (Å²) in [4.78, 5) is 0. The lowest BCUT2D eigenvalue weighted by Crippen LogP contribution is -2.19. The molecule has 1 N–H and O–H groups in total. The van der Waals surface area contributed by atoms with Crippen molar-refractivity contribution < 1.29 is 5.11 Å². The minimum absolute atomic E-state index is 0.0328. The van der Waals surface area contributed by atoms with Crippen LogP contribution in [0.25, 0.3) is 0 Å². The number of aliphatic hydroxyl groups is 1. The van der Waals surface area contributed by atoms with Gasteiger partial charge in [-0.1, -0.05) is 38.1 Å². The van der Waals surface area contributed by atoms with E-state index in [9.17, 15) is 5.11 Å². The standard InChI is InChI=1S/C16H24O/c1-12(2)15-7-3-13(4-8-15)11-14-5-9-16(17)10-6-14/h3-4,7-8,12,14,16-17H,5-6,9-11H2,1-2H3. The molecule has 0 heterocycles. The van der Waals surface area contributed by atoms with E-state index in [1.165, 1.54) is 30.4 Å². The zero-order chi connectivity index (χ0) is 12.3. The minimum atomic E-state index is -0.0328. The van der Waals surface area contributed by atoms with Crippen molar-refractivity contribution in [2.45, 2.75) is 58.0 Å². The molecular weight excluding hydrogens is 208 g/mol. The minimum Gasteiger partial charge on any atom is -0.393 e. The van der Waals surface area contributed by atoms with Crippen LogP contribution in [0.15, 0.2) is 24.3 Å². The van der Waals surface area contributed by atoms with E-state index in [0.29, 0.717) is 5.92 Å². The number of hydrogen-bond donors (Lipinski definition) is 1. The van der Waals surface area contributed by atoms with E-state index in [-0.39, 0.29) is 6.10 Å². The summed E-state index contributed by atoms with van der Waals surface area (Å²) in [5, 5.41) is 9.49. The van der Waals surface area contributed by atoms with Crippen molar-refractivity contribution in [2.24, 2.45) is 5.92 Å². The lowest BCUT2D eigenvalue weighted by molar-refractivity contribution is 0.109. The largest absolute Gasteiger partial charge is 0.393 e. The summed E-state index contributed by atoms with van der Waals surface area (Å²) in [7, 11) is 0. The van der Waals surface area contributed by atoms with Crippen molar-refractivity contribution >= 4 is 0 Å². The smallest absolute Gasteiger partial charge is 0.0540 e. The van der Waals surface area contributed by atoms with Gasteiger partial charge in [-0.2, -0.15) is 0 Å². The Morgan fingerprint density at radius 3 is 2.18 bits per heavy atom. The van der Waals surface area contributed by atoms with E-state index in [2.05, 4.69) is 38.1 Å². The number of rotatable bonds is 3. The summed E-state index contributed by atoms with van der Waals surface area (Å²) in [6, 6.07) is 9.08. The number of aliphatic hydroxyl groups excluding tert-OH is 1. The Hall–Kier alpha value is -0.820. The van der Waals surface area contributed by atoms with Crippen molar-refractivity contribution in [3.05, 3.63) is 35.4 Å². The highest BCUT2D eigenvalue weighted by Gasteiger charge is 2.19. The van der Waals surface area contributed by atoms with Crippen LogP contribution in [0.2, 0.25) is 0 Å². The molecule has 1 aliphatic rings. The van der Waals surface area contributed by atoms with Gasteiger partial charge < -0.3 is 5.11 Å². The maximum atomic E-state index is 9.49. The molecule has 94 valence electrons. The second kappa shape index (κ2) is 5.68. The van der Waals surface area contributed by atoms with Crippen molar-refractivity contribution in [1.29, 1.82) is 0 Å². The molecule has 1 aromatic carbocycles. The van der Waals surface area contributed by atoms with E-state index >= 15 is 0 Å². The van der Waals surface area contributed by atoms with Gasteiger partial charge in [0.2, 0.25) is 0 Å². The first-order chi connectivity index (χ1) is 8.15. The van der Waals surface area contributed by atoms with Gasteiger partial charge in [0.1, 0.15) is 0 Å². The predicted octanol–water partition coefficient (Wildman–Crippen LogP) is 3.90. The Bertz CT molecular complexity index is 331. The lowest BCUT2D eigenvalue weighted by atomic mass is 9.83. The first-order valence-corrected chi connectivity index (χ1v) is 6.92. The average molecular weight is 232 g/mol. The van der Waals surface area contributed by atoms with Crippen LogP contribution in [0.1, 0.15) is 56.6 Å². The molecule has 0 aromatic heterocycles. The molecule has 1 aliphatic carbocycles. The molecule has 0 saturated heterocycles. The fourth-order valence-corrected chi connectivity index (χ4v) is 2.72. The summed E-state index contributed by atoms with van der Waals surface area (Å²) in [5.74, 6) is 1.40. The molecule has 0 amide bonds. The average Bonchev–Trinajstić information content (AvgIpc) is 2.33. The van der Waals surface area contributed by atoms with E-state index in [4.69, 9.17) is 0 Å². The summed E-state index contributed by atoms with van der Waals surface area (Å²) >= 11 is 0. The van der Waals surface area contributed by atoms with E-state index in [0.717, 1.165) is 18.8 Å². The van der Waals surface area contributed by atoms with Crippen molar-refractivity contribution in [2.75, 3.05) is 0 Å². The molecule has 2 rings (SSSR count). The Morgan fingerprint density at radius 1 is 1.06 bits per heavy atom. The van der Waals surface area contributed by atoms with E-state index in [1.807, 2.05) is 0 Å².